The molecule has 1 fully saturated rings. The van der Waals surface area contributed by atoms with E-state index < -0.39 is 9.84 Å². The van der Waals surface area contributed by atoms with E-state index in [1.54, 1.807) is 18.3 Å². The van der Waals surface area contributed by atoms with Crippen molar-refractivity contribution in [1.29, 1.82) is 0 Å². The minimum atomic E-state index is -3.46. The van der Waals surface area contributed by atoms with Crippen LogP contribution in [0.1, 0.15) is 44.1 Å². The van der Waals surface area contributed by atoms with Gasteiger partial charge in [0.15, 0.2) is 9.84 Å². The maximum Gasteiger partial charge on any atom is 0.179 e. The van der Waals surface area contributed by atoms with Crippen LogP contribution in [-0.4, -0.2) is 24.3 Å². The third-order valence-electron chi connectivity index (χ3n) is 5.69. The normalized spacial score (nSPS) is 16.9. The van der Waals surface area contributed by atoms with Gasteiger partial charge in [-0.25, -0.2) is 8.42 Å². The van der Waals surface area contributed by atoms with Gasteiger partial charge in [0, 0.05) is 17.1 Å². The monoisotopic (exact) mass is 384 g/mol. The lowest BCUT2D eigenvalue weighted by Crippen LogP contribution is -2.24. The van der Waals surface area contributed by atoms with Gasteiger partial charge in [-0.3, -0.25) is 4.98 Å². The summed E-state index contributed by atoms with van der Waals surface area (Å²) in [6.07, 6.45) is 5.83. The number of aromatic nitrogens is 2. The molecule has 27 heavy (non-hydrogen) atoms. The van der Waals surface area contributed by atoms with E-state index in [9.17, 15) is 8.42 Å². The summed E-state index contributed by atoms with van der Waals surface area (Å²) >= 11 is 0. The zero-order chi connectivity index (χ0) is 19.2. The molecule has 0 unspecified atom stereocenters. The van der Waals surface area contributed by atoms with E-state index in [4.69, 9.17) is 4.52 Å². The molecule has 4 rings (SSSR count). The van der Waals surface area contributed by atoms with Crippen LogP contribution in [0.25, 0.3) is 22.0 Å². The third-order valence-corrected chi connectivity index (χ3v) is 7.77. The SMILES string of the molecule is Cc1noc(C)c1-c1cc(S(=O)(=O)CC2(C)CCCC2)c2cccnc2c1. The molecule has 0 spiro atoms. The van der Waals surface area contributed by atoms with E-state index in [2.05, 4.69) is 17.1 Å². The van der Waals surface area contributed by atoms with Crippen molar-refractivity contribution in [3.8, 4) is 11.1 Å². The van der Waals surface area contributed by atoms with Crippen molar-refractivity contribution in [3.63, 3.8) is 0 Å². The van der Waals surface area contributed by atoms with Crippen molar-refractivity contribution in [1.82, 2.24) is 10.1 Å². The first kappa shape index (κ1) is 18.2. The second kappa shape index (κ2) is 6.44. The molecule has 6 heteroatoms. The predicted octanol–water partition coefficient (Wildman–Crippen LogP) is 4.86. The summed E-state index contributed by atoms with van der Waals surface area (Å²) in [4.78, 5) is 4.78. The molecule has 0 bridgehead atoms. The van der Waals surface area contributed by atoms with E-state index in [1.165, 1.54) is 0 Å². The molecule has 1 aliphatic carbocycles. The molecule has 0 amide bonds. The summed E-state index contributed by atoms with van der Waals surface area (Å²) in [6.45, 7) is 5.80. The molecule has 0 atom stereocenters. The molecule has 5 nitrogen and oxygen atoms in total. The molecule has 1 aromatic carbocycles. The van der Waals surface area contributed by atoms with Crippen LogP contribution in [0.3, 0.4) is 0 Å². The number of benzene rings is 1. The molecule has 2 aromatic heterocycles. The van der Waals surface area contributed by atoms with Gasteiger partial charge in [0.1, 0.15) is 5.76 Å². The second-order valence-corrected chi connectivity index (χ2v) is 9.98. The Balaban J connectivity index is 1.91. The van der Waals surface area contributed by atoms with E-state index in [0.29, 0.717) is 21.6 Å². The summed E-state index contributed by atoms with van der Waals surface area (Å²) < 4.78 is 32.2. The third kappa shape index (κ3) is 3.27. The standard InChI is InChI=1S/C21H24N2O3S/c1-14-20(15(2)26-23-14)16-11-18-17(7-6-10-22-18)19(12-16)27(24,25)13-21(3)8-4-5-9-21/h6-7,10-12H,4-5,8-9,13H2,1-3H3. The topological polar surface area (TPSA) is 73.1 Å². The van der Waals surface area contributed by atoms with Crippen molar-refractivity contribution < 1.29 is 12.9 Å². The van der Waals surface area contributed by atoms with E-state index in [-0.39, 0.29) is 11.2 Å². The van der Waals surface area contributed by atoms with Gasteiger partial charge in [0.05, 0.1) is 21.9 Å². The molecule has 0 saturated heterocycles. The quantitative estimate of drug-likeness (QED) is 0.642. The summed E-state index contributed by atoms with van der Waals surface area (Å²) in [7, 11) is -3.46. The zero-order valence-corrected chi connectivity index (χ0v) is 16.8. The minimum absolute atomic E-state index is 0.146. The van der Waals surface area contributed by atoms with Gasteiger partial charge in [-0.1, -0.05) is 24.9 Å². The lowest BCUT2D eigenvalue weighted by atomic mass is 9.92. The largest absolute Gasteiger partial charge is 0.361 e. The molecule has 0 radical (unpaired) electrons. The first-order valence-electron chi connectivity index (χ1n) is 9.34. The molecular weight excluding hydrogens is 360 g/mol. The molecular formula is C21H24N2O3S. The minimum Gasteiger partial charge on any atom is -0.361 e. The van der Waals surface area contributed by atoms with Crippen molar-refractivity contribution in [2.24, 2.45) is 5.41 Å². The fraction of sp³-hybridized carbons (Fsp3) is 0.429. The van der Waals surface area contributed by atoms with Gasteiger partial charge < -0.3 is 4.52 Å². The number of hydrogen-bond acceptors (Lipinski definition) is 5. The number of sulfone groups is 1. The van der Waals surface area contributed by atoms with Gasteiger partial charge in [0.25, 0.3) is 0 Å². The summed E-state index contributed by atoms with van der Waals surface area (Å²) in [5.74, 6) is 0.851. The summed E-state index contributed by atoms with van der Waals surface area (Å²) in [5.41, 5.74) is 2.89. The van der Waals surface area contributed by atoms with Crippen LogP contribution in [0.4, 0.5) is 0 Å². The number of rotatable bonds is 4. The number of hydrogen-bond donors (Lipinski definition) is 0. The Morgan fingerprint density at radius 1 is 1.19 bits per heavy atom. The average molecular weight is 385 g/mol. The predicted molar refractivity (Wildman–Crippen MR) is 105 cm³/mol. The van der Waals surface area contributed by atoms with Gasteiger partial charge in [-0.15, -0.1) is 0 Å². The molecule has 2 heterocycles. The summed E-state index contributed by atoms with van der Waals surface area (Å²) in [5, 5.41) is 4.69. The maximum atomic E-state index is 13.4. The molecule has 3 aromatic rings. The molecule has 142 valence electrons. The smallest absolute Gasteiger partial charge is 0.179 e. The van der Waals surface area contributed by atoms with Crippen LogP contribution in [0, 0.1) is 19.3 Å². The van der Waals surface area contributed by atoms with Crippen LogP contribution >= 0.6 is 0 Å². The summed E-state index contributed by atoms with van der Waals surface area (Å²) in [6, 6.07) is 7.31. The van der Waals surface area contributed by atoms with E-state index in [0.717, 1.165) is 42.5 Å². The highest BCUT2D eigenvalue weighted by molar-refractivity contribution is 7.91. The van der Waals surface area contributed by atoms with Crippen LogP contribution in [0.2, 0.25) is 0 Å². The maximum absolute atomic E-state index is 13.4. The Morgan fingerprint density at radius 2 is 1.93 bits per heavy atom. The molecule has 1 saturated carbocycles. The van der Waals surface area contributed by atoms with Crippen LogP contribution in [-0.2, 0) is 9.84 Å². The van der Waals surface area contributed by atoms with Gasteiger partial charge in [-0.05, 0) is 61.9 Å². The Kier molecular flexibility index (Phi) is 4.34. The molecule has 0 N–H and O–H groups in total. The van der Waals surface area contributed by atoms with Crippen molar-refractivity contribution >= 4 is 20.7 Å². The highest BCUT2D eigenvalue weighted by Gasteiger charge is 2.35. The Labute approximate surface area is 159 Å². The number of nitrogens with zero attached hydrogens (tertiary/aromatic N) is 2. The van der Waals surface area contributed by atoms with Crippen LogP contribution < -0.4 is 0 Å². The number of fused-ring (bicyclic) bond motifs is 1. The zero-order valence-electron chi connectivity index (χ0n) is 15.9. The lowest BCUT2D eigenvalue weighted by Gasteiger charge is -2.23. The molecule has 0 aliphatic heterocycles. The van der Waals surface area contributed by atoms with Gasteiger partial charge in [0.2, 0.25) is 0 Å². The Bertz CT molecular complexity index is 1090. The van der Waals surface area contributed by atoms with Gasteiger partial charge >= 0.3 is 0 Å². The highest BCUT2D eigenvalue weighted by atomic mass is 32.2. The fourth-order valence-electron chi connectivity index (χ4n) is 4.35. The Morgan fingerprint density at radius 3 is 2.59 bits per heavy atom. The van der Waals surface area contributed by atoms with Crippen LogP contribution in [0.15, 0.2) is 39.9 Å². The number of pyridine rings is 1. The fourth-order valence-corrected chi connectivity index (χ4v) is 6.53. The van der Waals surface area contributed by atoms with Crippen LogP contribution in [0.5, 0.6) is 0 Å². The Hall–Kier alpha value is -2.21. The first-order valence-corrected chi connectivity index (χ1v) is 11.0. The lowest BCUT2D eigenvalue weighted by molar-refractivity contribution is 0.382. The highest BCUT2D eigenvalue weighted by Crippen LogP contribution is 2.41. The van der Waals surface area contributed by atoms with Crippen molar-refractivity contribution in [2.45, 2.75) is 51.3 Å². The van der Waals surface area contributed by atoms with E-state index >= 15 is 0 Å². The second-order valence-electron chi connectivity index (χ2n) is 8.02. The van der Waals surface area contributed by atoms with E-state index in [1.807, 2.05) is 26.0 Å². The number of aryl methyl sites for hydroxylation is 2. The average Bonchev–Trinajstić information content (AvgIpc) is 3.18. The van der Waals surface area contributed by atoms with Crippen molar-refractivity contribution in [2.75, 3.05) is 5.75 Å². The first-order chi connectivity index (χ1) is 12.8. The van der Waals surface area contributed by atoms with Gasteiger partial charge in [-0.2, -0.15) is 0 Å². The molecule has 1 aliphatic rings. The van der Waals surface area contributed by atoms with Crippen molar-refractivity contribution in [3.05, 3.63) is 41.9 Å².